The zero-order valence-corrected chi connectivity index (χ0v) is 40.8. The van der Waals surface area contributed by atoms with Gasteiger partial charge in [-0.05, 0) is 116 Å². The predicted molar refractivity (Wildman–Crippen MR) is 302 cm³/mol. The van der Waals surface area contributed by atoms with Gasteiger partial charge in [-0.25, -0.2) is 29.9 Å². The number of aromatic nitrogens is 8. The quantitative estimate of drug-likeness (QED) is 0.148. The molecular formula is C68H42N8. The molecule has 0 fully saturated rings. The lowest BCUT2D eigenvalue weighted by Crippen LogP contribution is -2.27. The monoisotopic (exact) mass is 970 g/mol. The van der Waals surface area contributed by atoms with Gasteiger partial charge < -0.3 is 0 Å². The van der Waals surface area contributed by atoms with Crippen LogP contribution in [0.5, 0.6) is 0 Å². The SMILES string of the molecule is c1ccc(-c2nc(-c3ccc(-c4ccc5c(c4)C4c6ccccc6C5c5cc(-c6ccc(-c7nc(-c8ccccc8)nc(-c8ccc9ncccc9c8)n7)cc6)ccc54)cc3)nc(-c3ccc4ncccc4c3)n2)cc1. The molecule has 4 heterocycles. The smallest absolute Gasteiger partial charge is 0.164 e. The first kappa shape index (κ1) is 43.4. The maximum absolute atomic E-state index is 5.06. The summed E-state index contributed by atoms with van der Waals surface area (Å²) < 4.78 is 0. The van der Waals surface area contributed by atoms with E-state index in [2.05, 4.69) is 143 Å². The van der Waals surface area contributed by atoms with E-state index < -0.39 is 0 Å². The molecule has 0 aliphatic heterocycles. The highest BCUT2D eigenvalue weighted by atomic mass is 15.0. The van der Waals surface area contributed by atoms with Gasteiger partial charge in [-0.1, -0.05) is 170 Å². The first-order chi connectivity index (χ1) is 37.6. The maximum Gasteiger partial charge on any atom is 0.164 e. The van der Waals surface area contributed by atoms with E-state index in [0.717, 1.165) is 66.3 Å². The van der Waals surface area contributed by atoms with Gasteiger partial charge in [0.05, 0.1) is 11.0 Å². The van der Waals surface area contributed by atoms with Gasteiger partial charge in [-0.2, -0.15) is 0 Å². The van der Waals surface area contributed by atoms with Crippen molar-refractivity contribution >= 4 is 21.8 Å². The number of pyridine rings is 2. The summed E-state index contributed by atoms with van der Waals surface area (Å²) in [7, 11) is 0. The fraction of sp³-hybridized carbons (Fsp3) is 0.0294. The van der Waals surface area contributed by atoms with Crippen LogP contribution >= 0.6 is 0 Å². The number of rotatable bonds is 8. The van der Waals surface area contributed by atoms with Crippen molar-refractivity contribution in [2.45, 2.75) is 11.8 Å². The lowest BCUT2D eigenvalue weighted by atomic mass is 9.60. The summed E-state index contributed by atoms with van der Waals surface area (Å²) in [5.41, 5.74) is 20.2. The van der Waals surface area contributed by atoms with E-state index in [1.807, 2.05) is 109 Å². The van der Waals surface area contributed by atoms with Gasteiger partial charge in [-0.15, -0.1) is 0 Å². The molecule has 0 spiro atoms. The molecule has 3 aliphatic carbocycles. The van der Waals surface area contributed by atoms with Gasteiger partial charge in [-0.3, -0.25) is 9.97 Å². The Morgan fingerprint density at radius 1 is 0.211 bits per heavy atom. The Labute approximate surface area is 438 Å². The third kappa shape index (κ3) is 7.54. The zero-order chi connectivity index (χ0) is 50.1. The van der Waals surface area contributed by atoms with Crippen LogP contribution in [0.2, 0.25) is 0 Å². The van der Waals surface area contributed by atoms with Crippen molar-refractivity contribution in [1.29, 1.82) is 0 Å². The van der Waals surface area contributed by atoms with Crippen LogP contribution in [-0.2, 0) is 0 Å². The molecule has 0 saturated heterocycles. The molecular weight excluding hydrogens is 929 g/mol. The Hall–Kier alpha value is -10.2. The molecule has 8 heteroatoms. The minimum absolute atomic E-state index is 0.114. The minimum Gasteiger partial charge on any atom is -0.256 e. The minimum atomic E-state index is 0.114. The molecule has 2 bridgehead atoms. The molecule has 0 radical (unpaired) electrons. The highest BCUT2D eigenvalue weighted by molar-refractivity contribution is 5.85. The van der Waals surface area contributed by atoms with Gasteiger partial charge >= 0.3 is 0 Å². The maximum atomic E-state index is 5.06. The first-order valence-corrected chi connectivity index (χ1v) is 25.5. The van der Waals surface area contributed by atoms with Gasteiger partial charge in [0.15, 0.2) is 34.9 Å². The van der Waals surface area contributed by atoms with Crippen molar-refractivity contribution < 1.29 is 0 Å². The zero-order valence-electron chi connectivity index (χ0n) is 40.8. The average Bonchev–Trinajstić information content (AvgIpc) is 3.51. The Morgan fingerprint density at radius 3 is 0.934 bits per heavy atom. The summed E-state index contributed by atoms with van der Waals surface area (Å²) in [4.78, 5) is 39.1. The van der Waals surface area contributed by atoms with E-state index in [0.29, 0.717) is 34.9 Å². The second-order valence-corrected chi connectivity index (χ2v) is 19.5. The molecule has 0 amide bonds. The lowest BCUT2D eigenvalue weighted by Gasteiger charge is -2.42. The van der Waals surface area contributed by atoms with Crippen molar-refractivity contribution in [3.63, 3.8) is 0 Å². The van der Waals surface area contributed by atoms with Crippen molar-refractivity contribution in [3.05, 3.63) is 276 Å². The van der Waals surface area contributed by atoms with Gasteiger partial charge in [0.25, 0.3) is 0 Å². The number of benzene rings is 9. The van der Waals surface area contributed by atoms with E-state index in [1.54, 1.807) is 0 Å². The molecule has 8 nitrogen and oxygen atoms in total. The predicted octanol–water partition coefficient (Wildman–Crippen LogP) is 15.5. The molecule has 0 saturated carbocycles. The number of fused-ring (bicyclic) bond motifs is 2. The van der Waals surface area contributed by atoms with Crippen LogP contribution in [0, 0.1) is 0 Å². The number of hydrogen-bond acceptors (Lipinski definition) is 8. The summed E-state index contributed by atoms with van der Waals surface area (Å²) in [6.45, 7) is 0. The largest absolute Gasteiger partial charge is 0.256 e. The Kier molecular flexibility index (Phi) is 10.2. The lowest BCUT2D eigenvalue weighted by molar-refractivity contribution is 0.755. The molecule has 2 atom stereocenters. The van der Waals surface area contributed by atoms with E-state index >= 15 is 0 Å². The second-order valence-electron chi connectivity index (χ2n) is 19.5. The second kappa shape index (κ2) is 17.8. The topological polar surface area (TPSA) is 103 Å². The molecule has 16 rings (SSSR count). The van der Waals surface area contributed by atoms with Crippen molar-refractivity contribution in [3.8, 4) is 90.6 Å². The van der Waals surface area contributed by atoms with Crippen LogP contribution in [0.4, 0.5) is 0 Å². The third-order valence-electron chi connectivity index (χ3n) is 15.0. The molecule has 2 unspecified atom stereocenters. The van der Waals surface area contributed by atoms with Gasteiger partial charge in [0, 0.05) is 68.4 Å². The number of nitrogens with zero attached hydrogens (tertiary/aromatic N) is 8. The molecule has 13 aromatic rings. The molecule has 354 valence electrons. The van der Waals surface area contributed by atoms with Crippen LogP contribution in [0.3, 0.4) is 0 Å². The number of hydrogen-bond donors (Lipinski definition) is 0. The summed E-state index contributed by atoms with van der Waals surface area (Å²) in [6, 6.07) is 81.0. The average molecular weight is 971 g/mol. The summed E-state index contributed by atoms with van der Waals surface area (Å²) in [5, 5.41) is 2.07. The normalized spacial score (nSPS) is 14.1. The summed E-state index contributed by atoms with van der Waals surface area (Å²) in [5.74, 6) is 3.97. The standard InChI is InChI=1S/C68H42N8/c1-3-11-43(12-4-1)63-71-65(75-67(73-63)51-29-33-59-49(37-51)15-9-35-69-59)45-23-19-41(20-24-45)47-27-31-55-57(39-47)61-53-17-7-8-18-54(53)62(55)58-40-48(28-32-56(58)61)42-21-25-46(26-22-42)66-72-64(44-13-5-2-6-14-44)74-68(76-66)52-30-34-60-50(38-52)16-10-36-70-60/h1-40,61-62H. The summed E-state index contributed by atoms with van der Waals surface area (Å²) >= 11 is 0. The van der Waals surface area contributed by atoms with Crippen molar-refractivity contribution in [2.24, 2.45) is 0 Å². The van der Waals surface area contributed by atoms with E-state index in [9.17, 15) is 0 Å². The van der Waals surface area contributed by atoms with Crippen LogP contribution < -0.4 is 0 Å². The van der Waals surface area contributed by atoms with Crippen LogP contribution in [0.25, 0.3) is 112 Å². The van der Waals surface area contributed by atoms with E-state index in [1.165, 1.54) is 44.5 Å². The van der Waals surface area contributed by atoms with E-state index in [4.69, 9.17) is 29.9 Å². The Morgan fingerprint density at radius 2 is 0.526 bits per heavy atom. The van der Waals surface area contributed by atoms with Gasteiger partial charge in [0.1, 0.15) is 0 Å². The fourth-order valence-corrected chi connectivity index (χ4v) is 11.3. The van der Waals surface area contributed by atoms with Gasteiger partial charge in [0.2, 0.25) is 0 Å². The van der Waals surface area contributed by atoms with E-state index in [-0.39, 0.29) is 11.8 Å². The Balaban J connectivity index is 0.746. The van der Waals surface area contributed by atoms with Crippen molar-refractivity contribution in [2.75, 3.05) is 0 Å². The van der Waals surface area contributed by atoms with Crippen molar-refractivity contribution in [1.82, 2.24) is 39.9 Å². The summed E-state index contributed by atoms with van der Waals surface area (Å²) in [6.07, 6.45) is 3.62. The van der Waals surface area contributed by atoms with Crippen LogP contribution in [0.15, 0.2) is 243 Å². The molecule has 4 aromatic heterocycles. The molecule has 9 aromatic carbocycles. The molecule has 76 heavy (non-hydrogen) atoms. The highest BCUT2D eigenvalue weighted by Crippen LogP contribution is 2.57. The fourth-order valence-electron chi connectivity index (χ4n) is 11.3. The first-order valence-electron chi connectivity index (χ1n) is 25.5. The highest BCUT2D eigenvalue weighted by Gasteiger charge is 2.41. The van der Waals surface area contributed by atoms with Crippen LogP contribution in [-0.4, -0.2) is 39.9 Å². The Bertz CT molecular complexity index is 4120. The third-order valence-corrected chi connectivity index (χ3v) is 15.0. The molecule has 3 aliphatic rings. The van der Waals surface area contributed by atoms with Crippen LogP contribution in [0.1, 0.15) is 45.2 Å². The molecule has 0 N–H and O–H groups in total.